The van der Waals surface area contributed by atoms with Gasteiger partial charge in [-0.2, -0.15) is 0 Å². The van der Waals surface area contributed by atoms with Gasteiger partial charge in [0.2, 0.25) is 15.9 Å². The van der Waals surface area contributed by atoms with Gasteiger partial charge in [-0.05, 0) is 55.0 Å². The van der Waals surface area contributed by atoms with E-state index in [1.54, 1.807) is 23.1 Å². The second-order valence-corrected chi connectivity index (χ2v) is 10.5. The minimum atomic E-state index is -3.54. The first kappa shape index (κ1) is 23.9. The molecule has 7 nitrogen and oxygen atoms in total. The molecule has 0 aliphatic carbocycles. The lowest BCUT2D eigenvalue weighted by atomic mass is 10.1. The molecule has 34 heavy (non-hydrogen) atoms. The Labute approximate surface area is 200 Å². The van der Waals surface area contributed by atoms with E-state index < -0.39 is 10.0 Å². The van der Waals surface area contributed by atoms with Crippen molar-refractivity contribution >= 4 is 43.4 Å². The van der Waals surface area contributed by atoms with Crippen molar-refractivity contribution in [3.05, 3.63) is 66.5 Å². The van der Waals surface area contributed by atoms with Crippen LogP contribution in [0.4, 0.5) is 5.69 Å². The summed E-state index contributed by atoms with van der Waals surface area (Å²) in [6.07, 6.45) is 0.786. The van der Waals surface area contributed by atoms with Gasteiger partial charge in [-0.15, -0.1) is 0 Å². The Hall–Kier alpha value is -3.23. The average Bonchev–Trinajstić information content (AvgIpc) is 3.19. The van der Waals surface area contributed by atoms with E-state index in [-0.39, 0.29) is 10.8 Å². The van der Waals surface area contributed by atoms with Crippen molar-refractivity contribution in [2.24, 2.45) is 0 Å². The number of hydrogen-bond acceptors (Lipinski definition) is 4. The highest BCUT2D eigenvalue weighted by Gasteiger charge is 2.20. The molecular formula is C26H30N4O3S. The molecular weight excluding hydrogens is 448 g/mol. The van der Waals surface area contributed by atoms with Gasteiger partial charge in [-0.1, -0.05) is 30.3 Å². The smallest absolute Gasteiger partial charge is 0.242 e. The van der Waals surface area contributed by atoms with Gasteiger partial charge in [0, 0.05) is 45.7 Å². The zero-order valence-electron chi connectivity index (χ0n) is 20.0. The summed E-state index contributed by atoms with van der Waals surface area (Å²) in [6, 6.07) is 19.2. The molecule has 8 heteroatoms. The lowest BCUT2D eigenvalue weighted by Gasteiger charge is -2.21. The highest BCUT2D eigenvalue weighted by molar-refractivity contribution is 7.89. The van der Waals surface area contributed by atoms with Gasteiger partial charge in [0.1, 0.15) is 5.82 Å². The number of fused-ring (bicyclic) bond motifs is 2. The number of carbonyl (C=O) groups excluding carboxylic acids is 1. The number of aromatic nitrogens is 2. The maximum Gasteiger partial charge on any atom is 0.242 e. The highest BCUT2D eigenvalue weighted by Crippen LogP contribution is 2.25. The predicted octanol–water partition coefficient (Wildman–Crippen LogP) is 4.45. The molecule has 0 bridgehead atoms. The quantitative estimate of drug-likeness (QED) is 0.375. The Morgan fingerprint density at radius 2 is 1.71 bits per heavy atom. The number of rotatable bonds is 8. The maximum absolute atomic E-state index is 13.2. The van der Waals surface area contributed by atoms with Crippen molar-refractivity contribution in [3.63, 3.8) is 0 Å². The summed E-state index contributed by atoms with van der Waals surface area (Å²) >= 11 is 0. The molecule has 1 heterocycles. The standard InChI is InChI=1S/C26H30N4O3S/c1-5-29(21-12-11-19-9-7-8-10-20(19)17-21)26(31)16-15-25-27-23-18-22(34(32,33)28(3)4)13-14-24(23)30(25)6-2/h7-14,17-18H,5-6,15-16H2,1-4H3. The Kier molecular flexibility index (Phi) is 6.72. The minimum absolute atomic E-state index is 0.0309. The molecule has 0 saturated heterocycles. The number of aryl methyl sites for hydroxylation is 2. The lowest BCUT2D eigenvalue weighted by molar-refractivity contribution is -0.118. The average molecular weight is 479 g/mol. The van der Waals surface area contributed by atoms with Gasteiger partial charge in [0.15, 0.2) is 0 Å². The number of carbonyl (C=O) groups is 1. The van der Waals surface area contributed by atoms with Gasteiger partial charge in [-0.25, -0.2) is 17.7 Å². The van der Waals surface area contributed by atoms with E-state index in [2.05, 4.69) is 6.07 Å². The Balaban J connectivity index is 1.58. The van der Waals surface area contributed by atoms with Crippen LogP contribution in [0, 0.1) is 0 Å². The van der Waals surface area contributed by atoms with Crippen LogP contribution in [0.2, 0.25) is 0 Å². The SMILES string of the molecule is CCN(C(=O)CCc1nc2cc(S(=O)(=O)N(C)C)ccc2n1CC)c1ccc2ccccc2c1. The molecule has 0 spiro atoms. The van der Waals surface area contributed by atoms with Crippen molar-refractivity contribution in [3.8, 4) is 0 Å². The van der Waals surface area contributed by atoms with Crippen molar-refractivity contribution in [2.75, 3.05) is 25.5 Å². The number of hydrogen-bond donors (Lipinski definition) is 0. The van der Waals surface area contributed by atoms with E-state index in [9.17, 15) is 13.2 Å². The van der Waals surface area contributed by atoms with Crippen LogP contribution < -0.4 is 4.90 Å². The number of benzene rings is 3. The lowest BCUT2D eigenvalue weighted by Crippen LogP contribution is -2.31. The van der Waals surface area contributed by atoms with E-state index in [4.69, 9.17) is 4.98 Å². The Morgan fingerprint density at radius 3 is 2.38 bits per heavy atom. The summed E-state index contributed by atoms with van der Waals surface area (Å²) in [7, 11) is -0.522. The van der Waals surface area contributed by atoms with E-state index >= 15 is 0 Å². The number of amides is 1. The van der Waals surface area contributed by atoms with Gasteiger partial charge in [0.25, 0.3) is 0 Å². The molecule has 0 fully saturated rings. The molecule has 0 atom stereocenters. The maximum atomic E-state index is 13.2. The van der Waals surface area contributed by atoms with Gasteiger partial charge < -0.3 is 9.47 Å². The summed E-state index contributed by atoms with van der Waals surface area (Å²) in [5.41, 5.74) is 2.37. The number of anilines is 1. The second kappa shape index (κ2) is 9.56. The Bertz CT molecular complexity index is 1460. The first-order valence-corrected chi connectivity index (χ1v) is 12.9. The fourth-order valence-electron chi connectivity index (χ4n) is 4.28. The van der Waals surface area contributed by atoms with Crippen molar-refractivity contribution in [2.45, 2.75) is 38.1 Å². The molecule has 0 aliphatic rings. The van der Waals surface area contributed by atoms with Crippen LogP contribution in [0.1, 0.15) is 26.1 Å². The fraction of sp³-hybridized carbons (Fsp3) is 0.308. The molecule has 0 radical (unpaired) electrons. The van der Waals surface area contributed by atoms with Gasteiger partial charge in [0.05, 0.1) is 15.9 Å². The van der Waals surface area contributed by atoms with E-state index in [1.165, 1.54) is 18.4 Å². The van der Waals surface area contributed by atoms with Crippen LogP contribution in [0.3, 0.4) is 0 Å². The summed E-state index contributed by atoms with van der Waals surface area (Å²) < 4.78 is 28.3. The first-order chi connectivity index (χ1) is 16.3. The highest BCUT2D eigenvalue weighted by atomic mass is 32.2. The third-order valence-electron chi connectivity index (χ3n) is 6.12. The summed E-state index contributed by atoms with van der Waals surface area (Å²) in [5.74, 6) is 0.809. The normalized spacial score (nSPS) is 12.0. The summed E-state index contributed by atoms with van der Waals surface area (Å²) in [5, 5.41) is 2.24. The molecule has 0 unspecified atom stereocenters. The number of sulfonamides is 1. The molecule has 1 amide bonds. The largest absolute Gasteiger partial charge is 0.328 e. The van der Waals surface area contributed by atoms with Crippen molar-refractivity contribution in [1.29, 1.82) is 0 Å². The Morgan fingerprint density at radius 1 is 0.971 bits per heavy atom. The summed E-state index contributed by atoms with van der Waals surface area (Å²) in [4.78, 5) is 19.9. The molecule has 4 aromatic rings. The zero-order valence-corrected chi connectivity index (χ0v) is 20.8. The van der Waals surface area contributed by atoms with Crippen molar-refractivity contribution < 1.29 is 13.2 Å². The fourth-order valence-corrected chi connectivity index (χ4v) is 5.20. The number of imidazole rings is 1. The van der Waals surface area contributed by atoms with Crippen LogP contribution in [0.25, 0.3) is 21.8 Å². The van der Waals surface area contributed by atoms with E-state index in [0.717, 1.165) is 27.8 Å². The first-order valence-electron chi connectivity index (χ1n) is 11.5. The third-order valence-corrected chi connectivity index (χ3v) is 7.93. The second-order valence-electron chi connectivity index (χ2n) is 8.38. The molecule has 1 aromatic heterocycles. The molecule has 0 aliphatic heterocycles. The summed E-state index contributed by atoms with van der Waals surface area (Å²) in [6.45, 7) is 5.25. The number of nitrogens with zero attached hydrogens (tertiary/aromatic N) is 4. The van der Waals surface area contributed by atoms with Crippen LogP contribution in [0.15, 0.2) is 65.6 Å². The predicted molar refractivity (Wildman–Crippen MR) is 137 cm³/mol. The topological polar surface area (TPSA) is 75.5 Å². The van der Waals surface area contributed by atoms with E-state index in [1.807, 2.05) is 54.8 Å². The van der Waals surface area contributed by atoms with Gasteiger partial charge >= 0.3 is 0 Å². The van der Waals surface area contributed by atoms with Crippen molar-refractivity contribution in [1.82, 2.24) is 13.9 Å². The molecule has 3 aromatic carbocycles. The third kappa shape index (κ3) is 4.43. The molecule has 178 valence electrons. The zero-order chi connectivity index (χ0) is 24.5. The van der Waals surface area contributed by atoms with Crippen LogP contribution >= 0.6 is 0 Å². The molecule has 0 saturated carbocycles. The van der Waals surface area contributed by atoms with Crippen LogP contribution in [0.5, 0.6) is 0 Å². The van der Waals surface area contributed by atoms with Gasteiger partial charge in [-0.3, -0.25) is 4.79 Å². The van der Waals surface area contributed by atoms with Crippen LogP contribution in [-0.4, -0.2) is 48.8 Å². The monoisotopic (exact) mass is 478 g/mol. The van der Waals surface area contributed by atoms with Crippen LogP contribution in [-0.2, 0) is 27.8 Å². The molecule has 4 rings (SSSR count). The molecule has 0 N–H and O–H groups in total. The minimum Gasteiger partial charge on any atom is -0.328 e. The van der Waals surface area contributed by atoms with E-state index in [0.29, 0.717) is 31.4 Å².